The monoisotopic (exact) mass is 356 g/mol. The molecule has 118 valence electrons. The molecule has 1 aliphatic rings. The summed E-state index contributed by atoms with van der Waals surface area (Å²) in [5, 5.41) is 3.36. The zero-order valence-electron chi connectivity index (χ0n) is 13.1. The Bertz CT molecular complexity index is 446. The summed E-state index contributed by atoms with van der Waals surface area (Å²) in [7, 11) is 1.72. The van der Waals surface area contributed by atoms with Crippen LogP contribution < -0.4 is 10.2 Å². The van der Waals surface area contributed by atoms with Crippen molar-refractivity contribution in [2.45, 2.75) is 32.6 Å². The molecule has 1 aromatic carbocycles. The van der Waals surface area contributed by atoms with Crippen molar-refractivity contribution in [3.8, 4) is 0 Å². The smallest absolute Gasteiger partial charge is 0.0726 e. The molecule has 0 unspecified atom stereocenters. The van der Waals surface area contributed by atoms with Crippen LogP contribution in [-0.2, 0) is 16.0 Å². The Balaban J connectivity index is 1.98. The first-order chi connectivity index (χ1) is 10.1. The fourth-order valence-electron chi connectivity index (χ4n) is 2.70. The first-order valence-electron chi connectivity index (χ1n) is 7.48. The van der Waals surface area contributed by atoms with E-state index in [0.29, 0.717) is 0 Å². The van der Waals surface area contributed by atoms with Crippen molar-refractivity contribution in [1.82, 2.24) is 5.32 Å². The third-order valence-electron chi connectivity index (χ3n) is 3.58. The van der Waals surface area contributed by atoms with Gasteiger partial charge in [0.25, 0.3) is 0 Å². The third-order valence-corrected chi connectivity index (χ3v) is 4.22. The molecule has 0 radical (unpaired) electrons. The first kappa shape index (κ1) is 16.7. The molecule has 1 fully saturated rings. The quantitative estimate of drug-likeness (QED) is 0.794. The first-order valence-corrected chi connectivity index (χ1v) is 8.28. The van der Waals surface area contributed by atoms with Gasteiger partial charge in [-0.05, 0) is 47.5 Å². The Kier molecular flexibility index (Phi) is 6.48. The molecule has 5 heteroatoms. The number of morpholine rings is 1. The average molecular weight is 357 g/mol. The second-order valence-electron chi connectivity index (χ2n) is 5.62. The molecular weight excluding hydrogens is 332 g/mol. The number of rotatable bonds is 6. The van der Waals surface area contributed by atoms with Crippen molar-refractivity contribution >= 4 is 21.6 Å². The van der Waals surface area contributed by atoms with Crippen molar-refractivity contribution in [3.63, 3.8) is 0 Å². The SMILES string of the molecule is COCCNCc1ccc(N2C[C@@H](C)O[C@@H](C)C2)c(Br)c1. The van der Waals surface area contributed by atoms with Crippen LogP contribution in [0.2, 0.25) is 0 Å². The van der Waals surface area contributed by atoms with E-state index in [9.17, 15) is 0 Å². The number of ether oxygens (including phenoxy) is 2. The highest BCUT2D eigenvalue weighted by molar-refractivity contribution is 9.10. The lowest BCUT2D eigenvalue weighted by atomic mass is 10.1. The van der Waals surface area contributed by atoms with Gasteiger partial charge in [-0.15, -0.1) is 0 Å². The summed E-state index contributed by atoms with van der Waals surface area (Å²) in [6.07, 6.45) is 0.548. The highest BCUT2D eigenvalue weighted by atomic mass is 79.9. The second-order valence-corrected chi connectivity index (χ2v) is 6.47. The van der Waals surface area contributed by atoms with E-state index in [1.54, 1.807) is 7.11 Å². The minimum atomic E-state index is 0.274. The Morgan fingerprint density at radius 1 is 1.33 bits per heavy atom. The van der Waals surface area contributed by atoms with Gasteiger partial charge in [-0.1, -0.05) is 6.07 Å². The topological polar surface area (TPSA) is 33.7 Å². The van der Waals surface area contributed by atoms with Gasteiger partial charge in [0, 0.05) is 37.8 Å². The molecule has 2 rings (SSSR count). The van der Waals surface area contributed by atoms with Crippen LogP contribution in [0.5, 0.6) is 0 Å². The van der Waals surface area contributed by atoms with Gasteiger partial charge in [0.15, 0.2) is 0 Å². The third kappa shape index (κ3) is 4.95. The van der Waals surface area contributed by atoms with Crippen LogP contribution in [-0.4, -0.2) is 45.6 Å². The minimum absolute atomic E-state index is 0.274. The van der Waals surface area contributed by atoms with Gasteiger partial charge in [-0.25, -0.2) is 0 Å². The Morgan fingerprint density at radius 2 is 2.05 bits per heavy atom. The summed E-state index contributed by atoms with van der Waals surface area (Å²) in [4.78, 5) is 2.39. The molecule has 21 heavy (non-hydrogen) atoms. The molecule has 1 aliphatic heterocycles. The van der Waals surface area contributed by atoms with Crippen LogP contribution in [0.25, 0.3) is 0 Å². The summed E-state index contributed by atoms with van der Waals surface area (Å²) in [6.45, 7) is 8.60. The van der Waals surface area contributed by atoms with Crippen LogP contribution in [0.4, 0.5) is 5.69 Å². The molecule has 0 aromatic heterocycles. The lowest BCUT2D eigenvalue weighted by molar-refractivity contribution is -0.00525. The van der Waals surface area contributed by atoms with Crippen molar-refractivity contribution in [3.05, 3.63) is 28.2 Å². The predicted molar refractivity (Wildman–Crippen MR) is 89.9 cm³/mol. The van der Waals surface area contributed by atoms with Gasteiger partial charge >= 0.3 is 0 Å². The van der Waals surface area contributed by atoms with Crippen LogP contribution in [0, 0.1) is 0 Å². The Morgan fingerprint density at radius 3 is 2.67 bits per heavy atom. The molecule has 0 aliphatic carbocycles. The summed E-state index contributed by atoms with van der Waals surface area (Å²) in [5.74, 6) is 0. The lowest BCUT2D eigenvalue weighted by Crippen LogP contribution is -2.45. The van der Waals surface area contributed by atoms with E-state index in [0.717, 1.165) is 37.3 Å². The molecule has 0 amide bonds. The number of anilines is 1. The van der Waals surface area contributed by atoms with E-state index in [1.807, 2.05) is 0 Å². The maximum atomic E-state index is 5.80. The van der Waals surface area contributed by atoms with Gasteiger partial charge in [0.05, 0.1) is 24.5 Å². The number of nitrogens with zero attached hydrogens (tertiary/aromatic N) is 1. The molecule has 1 aromatic rings. The highest BCUT2D eigenvalue weighted by Gasteiger charge is 2.23. The number of methoxy groups -OCH3 is 1. The van der Waals surface area contributed by atoms with Gasteiger partial charge in [0.2, 0.25) is 0 Å². The van der Waals surface area contributed by atoms with E-state index in [2.05, 4.69) is 58.2 Å². The molecule has 1 heterocycles. The maximum absolute atomic E-state index is 5.80. The number of hydrogen-bond acceptors (Lipinski definition) is 4. The predicted octanol–water partition coefficient (Wildman–Crippen LogP) is 2.80. The summed E-state index contributed by atoms with van der Waals surface area (Å²) < 4.78 is 12.0. The van der Waals surface area contributed by atoms with Gasteiger partial charge in [0.1, 0.15) is 0 Å². The zero-order valence-corrected chi connectivity index (χ0v) is 14.6. The fourth-order valence-corrected chi connectivity index (χ4v) is 3.38. The number of nitrogens with one attached hydrogen (secondary N) is 1. The van der Waals surface area contributed by atoms with E-state index < -0.39 is 0 Å². The summed E-state index contributed by atoms with van der Waals surface area (Å²) >= 11 is 3.71. The highest BCUT2D eigenvalue weighted by Crippen LogP contribution is 2.29. The molecule has 0 spiro atoms. The number of benzene rings is 1. The van der Waals surface area contributed by atoms with Crippen molar-refractivity contribution in [1.29, 1.82) is 0 Å². The van der Waals surface area contributed by atoms with Gasteiger partial charge in [-0.2, -0.15) is 0 Å². The lowest BCUT2D eigenvalue weighted by Gasteiger charge is -2.37. The van der Waals surface area contributed by atoms with E-state index in [-0.39, 0.29) is 12.2 Å². The van der Waals surface area contributed by atoms with Crippen LogP contribution >= 0.6 is 15.9 Å². The molecular formula is C16H25BrN2O2. The molecule has 2 atom stereocenters. The van der Waals surface area contributed by atoms with Crippen molar-refractivity contribution < 1.29 is 9.47 Å². The number of halogens is 1. The van der Waals surface area contributed by atoms with Gasteiger partial charge < -0.3 is 19.7 Å². The largest absolute Gasteiger partial charge is 0.383 e. The Labute approximate surface area is 135 Å². The Hall–Kier alpha value is -0.620. The normalized spacial score (nSPS) is 22.6. The van der Waals surface area contributed by atoms with Crippen LogP contribution in [0.1, 0.15) is 19.4 Å². The molecule has 0 saturated carbocycles. The molecule has 1 saturated heterocycles. The van der Waals surface area contributed by atoms with Crippen LogP contribution in [0.3, 0.4) is 0 Å². The zero-order chi connectivity index (χ0) is 15.2. The van der Waals surface area contributed by atoms with E-state index in [4.69, 9.17) is 9.47 Å². The second kappa shape index (κ2) is 8.13. The average Bonchev–Trinajstić information content (AvgIpc) is 2.42. The molecule has 1 N–H and O–H groups in total. The van der Waals surface area contributed by atoms with Crippen molar-refractivity contribution in [2.24, 2.45) is 0 Å². The van der Waals surface area contributed by atoms with Crippen molar-refractivity contribution in [2.75, 3.05) is 38.3 Å². The van der Waals surface area contributed by atoms with E-state index in [1.165, 1.54) is 11.3 Å². The summed E-state index contributed by atoms with van der Waals surface area (Å²) in [5.41, 5.74) is 2.52. The summed E-state index contributed by atoms with van der Waals surface area (Å²) in [6, 6.07) is 6.58. The van der Waals surface area contributed by atoms with Crippen LogP contribution in [0.15, 0.2) is 22.7 Å². The minimum Gasteiger partial charge on any atom is -0.383 e. The maximum Gasteiger partial charge on any atom is 0.0726 e. The van der Waals surface area contributed by atoms with Gasteiger partial charge in [-0.3, -0.25) is 0 Å². The fraction of sp³-hybridized carbons (Fsp3) is 0.625. The van der Waals surface area contributed by atoms with E-state index >= 15 is 0 Å². The number of hydrogen-bond donors (Lipinski definition) is 1. The standard InChI is InChI=1S/C16H25BrN2O2/c1-12-10-19(11-13(2)21-12)16-5-4-14(8-15(16)17)9-18-6-7-20-3/h4-5,8,12-13,18H,6-7,9-11H2,1-3H3/t12-,13+. The molecule has 0 bridgehead atoms. The molecule has 4 nitrogen and oxygen atoms in total.